The first-order chi connectivity index (χ1) is 4.33. The molecule has 54 valence electrons. The predicted octanol–water partition coefficient (Wildman–Crippen LogP) is 0.391. The van der Waals surface area contributed by atoms with E-state index in [9.17, 15) is 0 Å². The van der Waals surface area contributed by atoms with Crippen LogP contribution in [0, 0.1) is 12.3 Å². The number of hydrogen-bond donors (Lipinski definition) is 2. The van der Waals surface area contributed by atoms with E-state index in [1.807, 2.05) is 0 Å². The molecule has 0 fully saturated rings. The number of terminal acetylenes is 1. The van der Waals surface area contributed by atoms with E-state index in [1.165, 1.54) is 0 Å². The predicted molar refractivity (Wildman–Crippen MR) is 37.9 cm³/mol. The van der Waals surface area contributed by atoms with Gasteiger partial charge in [0.05, 0.1) is 13.2 Å². The fourth-order valence-electron chi connectivity index (χ4n) is 0.144. The van der Waals surface area contributed by atoms with Crippen molar-refractivity contribution in [3.05, 3.63) is 0 Å². The van der Waals surface area contributed by atoms with E-state index in [0.29, 0.717) is 0 Å². The number of aliphatic hydroxyl groups excluding tert-OH is 2. The lowest BCUT2D eigenvalue weighted by atomic mass is 10.4. The van der Waals surface area contributed by atoms with Crippen LogP contribution in [-0.4, -0.2) is 23.4 Å². The van der Waals surface area contributed by atoms with Crippen molar-refractivity contribution >= 4 is 0 Å². The topological polar surface area (TPSA) is 40.5 Å². The van der Waals surface area contributed by atoms with Crippen molar-refractivity contribution in [3.8, 4) is 12.3 Å². The second-order valence-electron chi connectivity index (χ2n) is 1.40. The van der Waals surface area contributed by atoms with Crippen LogP contribution in [0.1, 0.15) is 19.8 Å². The molecule has 0 aliphatic rings. The van der Waals surface area contributed by atoms with Crippen LogP contribution in [-0.2, 0) is 0 Å². The van der Waals surface area contributed by atoms with Crippen LogP contribution >= 0.6 is 0 Å². The van der Waals surface area contributed by atoms with E-state index in [1.54, 1.807) is 0 Å². The Labute approximate surface area is 56.5 Å². The second kappa shape index (κ2) is 15.6. The highest BCUT2D eigenvalue weighted by Gasteiger charge is 1.61. The molecule has 0 aromatic rings. The second-order valence-corrected chi connectivity index (χ2v) is 1.40. The van der Waals surface area contributed by atoms with Gasteiger partial charge < -0.3 is 10.2 Å². The molecule has 2 nitrogen and oxygen atoms in total. The maximum atomic E-state index is 7.62. The Morgan fingerprint density at radius 2 is 1.78 bits per heavy atom. The summed E-state index contributed by atoms with van der Waals surface area (Å²) in [5.74, 6) is 2.52. The molecule has 2 N–H and O–H groups in total. The van der Waals surface area contributed by atoms with Crippen LogP contribution in [0.3, 0.4) is 0 Å². The van der Waals surface area contributed by atoms with Gasteiger partial charge in [-0.2, -0.15) is 0 Å². The van der Waals surface area contributed by atoms with Gasteiger partial charge in [-0.25, -0.2) is 0 Å². The first kappa shape index (κ1) is 11.3. The van der Waals surface area contributed by atoms with Crippen molar-refractivity contribution in [2.24, 2.45) is 0 Å². The molecule has 0 bridgehead atoms. The quantitative estimate of drug-likeness (QED) is 0.531. The van der Waals surface area contributed by atoms with Gasteiger partial charge in [0, 0.05) is 6.42 Å². The minimum Gasteiger partial charge on any atom is -0.394 e. The normalized spacial score (nSPS) is 6.89. The average molecular weight is 130 g/mol. The molecule has 0 saturated heterocycles. The van der Waals surface area contributed by atoms with Crippen molar-refractivity contribution in [2.75, 3.05) is 13.2 Å². The summed E-state index contributed by atoms with van der Waals surface area (Å²) in [6.45, 7) is 1.82. The monoisotopic (exact) mass is 130 g/mol. The average Bonchev–Trinajstić information content (AvgIpc) is 1.91. The molecule has 0 aliphatic heterocycles. The lowest BCUT2D eigenvalue weighted by Gasteiger charge is -1.70. The van der Waals surface area contributed by atoms with Gasteiger partial charge >= 0.3 is 0 Å². The molecule has 0 amide bonds. The highest BCUT2D eigenvalue weighted by Crippen LogP contribution is 1.77. The van der Waals surface area contributed by atoms with E-state index >= 15 is 0 Å². The summed E-state index contributed by atoms with van der Waals surface area (Å²) in [6.07, 6.45) is 6.91. The Balaban J connectivity index is 0. The van der Waals surface area contributed by atoms with E-state index in [0.717, 1.165) is 12.8 Å². The number of hydrogen-bond acceptors (Lipinski definition) is 2. The lowest BCUT2D eigenvalue weighted by molar-refractivity contribution is 0.186. The van der Waals surface area contributed by atoms with Crippen molar-refractivity contribution < 1.29 is 10.2 Å². The van der Waals surface area contributed by atoms with Gasteiger partial charge in [0.1, 0.15) is 0 Å². The Morgan fingerprint density at radius 3 is 1.78 bits per heavy atom. The molecular weight excluding hydrogens is 116 g/mol. The molecule has 2 heteroatoms. The van der Waals surface area contributed by atoms with Gasteiger partial charge in [-0.3, -0.25) is 0 Å². The molecule has 0 unspecified atom stereocenters. The summed E-state index contributed by atoms with van der Waals surface area (Å²) in [5.41, 5.74) is 0. The standard InChI is InChI=1S/C5H8.C2H6O2/c1-3-5-4-2;3-1-2-4/h1H,4-5H2,2H3;3-4H,1-2H2. The molecule has 0 aromatic heterocycles. The van der Waals surface area contributed by atoms with Crippen molar-refractivity contribution in [1.82, 2.24) is 0 Å². The molecule has 0 radical (unpaired) electrons. The molecule has 0 saturated carbocycles. The molecule has 0 spiro atoms. The third kappa shape index (κ3) is 36.5. The zero-order chi connectivity index (χ0) is 7.54. The largest absolute Gasteiger partial charge is 0.394 e. The zero-order valence-electron chi connectivity index (χ0n) is 5.80. The first-order valence-electron chi connectivity index (χ1n) is 2.98. The van der Waals surface area contributed by atoms with Gasteiger partial charge in [0.15, 0.2) is 0 Å². The van der Waals surface area contributed by atoms with Crippen LogP contribution in [0.2, 0.25) is 0 Å². The summed E-state index contributed by atoms with van der Waals surface area (Å²) in [7, 11) is 0. The fourth-order valence-corrected chi connectivity index (χ4v) is 0.144. The Bertz CT molecular complexity index is 61.8. The Hall–Kier alpha value is -0.520. The van der Waals surface area contributed by atoms with E-state index in [4.69, 9.17) is 16.6 Å². The summed E-state index contributed by atoms with van der Waals surface area (Å²) in [6, 6.07) is 0. The van der Waals surface area contributed by atoms with Crippen molar-refractivity contribution in [2.45, 2.75) is 19.8 Å². The third-order valence-corrected chi connectivity index (χ3v) is 0.494. The van der Waals surface area contributed by atoms with Gasteiger partial charge in [0.25, 0.3) is 0 Å². The van der Waals surface area contributed by atoms with E-state index in [-0.39, 0.29) is 13.2 Å². The molecule has 0 aliphatic carbocycles. The summed E-state index contributed by atoms with van der Waals surface area (Å²) < 4.78 is 0. The number of aliphatic hydroxyl groups is 2. The Kier molecular flexibility index (Phi) is 19.6. The third-order valence-electron chi connectivity index (χ3n) is 0.494. The highest BCUT2D eigenvalue weighted by molar-refractivity contribution is 4.81. The van der Waals surface area contributed by atoms with Crippen LogP contribution < -0.4 is 0 Å². The maximum absolute atomic E-state index is 7.62. The van der Waals surface area contributed by atoms with E-state index < -0.39 is 0 Å². The van der Waals surface area contributed by atoms with Gasteiger partial charge in [-0.15, -0.1) is 12.3 Å². The number of unbranched alkanes of at least 4 members (excludes halogenated alkanes) is 1. The van der Waals surface area contributed by atoms with Crippen LogP contribution in [0.5, 0.6) is 0 Å². The van der Waals surface area contributed by atoms with Crippen LogP contribution in [0.25, 0.3) is 0 Å². The SMILES string of the molecule is C#CCCC.OCCO. The Morgan fingerprint density at radius 1 is 1.33 bits per heavy atom. The van der Waals surface area contributed by atoms with Gasteiger partial charge in [-0.05, 0) is 6.42 Å². The molecule has 0 heterocycles. The number of rotatable bonds is 2. The minimum atomic E-state index is -0.125. The molecular formula is C7H14O2. The van der Waals surface area contributed by atoms with Gasteiger partial charge in [0.2, 0.25) is 0 Å². The van der Waals surface area contributed by atoms with E-state index in [2.05, 4.69) is 12.8 Å². The van der Waals surface area contributed by atoms with Crippen molar-refractivity contribution in [1.29, 1.82) is 0 Å². The zero-order valence-corrected chi connectivity index (χ0v) is 5.80. The molecule has 0 aromatic carbocycles. The van der Waals surface area contributed by atoms with Gasteiger partial charge in [-0.1, -0.05) is 6.92 Å². The summed E-state index contributed by atoms with van der Waals surface area (Å²) in [5, 5.41) is 15.2. The van der Waals surface area contributed by atoms with Crippen LogP contribution in [0.4, 0.5) is 0 Å². The first-order valence-corrected chi connectivity index (χ1v) is 2.98. The molecule has 0 atom stereocenters. The lowest BCUT2D eigenvalue weighted by Crippen LogP contribution is -1.85. The van der Waals surface area contributed by atoms with Crippen molar-refractivity contribution in [3.63, 3.8) is 0 Å². The maximum Gasteiger partial charge on any atom is 0.0662 e. The smallest absolute Gasteiger partial charge is 0.0662 e. The van der Waals surface area contributed by atoms with Crippen LogP contribution in [0.15, 0.2) is 0 Å². The fraction of sp³-hybridized carbons (Fsp3) is 0.714. The molecule has 0 rings (SSSR count). The minimum absolute atomic E-state index is 0.125. The molecule has 9 heavy (non-hydrogen) atoms. The summed E-state index contributed by atoms with van der Waals surface area (Å²) in [4.78, 5) is 0. The highest BCUT2D eigenvalue weighted by atomic mass is 16.3. The summed E-state index contributed by atoms with van der Waals surface area (Å²) >= 11 is 0.